The zero-order valence-corrected chi connectivity index (χ0v) is 12.5. The summed E-state index contributed by atoms with van der Waals surface area (Å²) in [7, 11) is 0. The molecule has 2 heterocycles. The van der Waals surface area contributed by atoms with Gasteiger partial charge in [-0.3, -0.25) is 0 Å². The summed E-state index contributed by atoms with van der Waals surface area (Å²) in [5.41, 5.74) is 8.31. The first-order chi connectivity index (χ1) is 9.65. The second-order valence-electron chi connectivity index (χ2n) is 4.48. The van der Waals surface area contributed by atoms with Crippen molar-refractivity contribution in [3.63, 3.8) is 0 Å². The molecule has 0 atom stereocenters. The molecule has 0 bridgehead atoms. The Hall–Kier alpha value is -1.95. The number of benzene rings is 1. The van der Waals surface area contributed by atoms with Gasteiger partial charge in [-0.2, -0.15) is 0 Å². The molecular formula is C14H14BrN3O2. The normalized spacial score (nSPS) is 13.1. The molecule has 6 heteroatoms. The van der Waals surface area contributed by atoms with Crippen molar-refractivity contribution in [1.29, 1.82) is 0 Å². The van der Waals surface area contributed by atoms with E-state index in [0.29, 0.717) is 24.7 Å². The van der Waals surface area contributed by atoms with Crippen molar-refractivity contribution in [2.45, 2.75) is 6.92 Å². The van der Waals surface area contributed by atoms with Crippen LogP contribution in [0.2, 0.25) is 0 Å². The van der Waals surface area contributed by atoms with Crippen LogP contribution in [-0.4, -0.2) is 18.2 Å². The van der Waals surface area contributed by atoms with E-state index in [9.17, 15) is 0 Å². The van der Waals surface area contributed by atoms with E-state index in [-0.39, 0.29) is 0 Å². The van der Waals surface area contributed by atoms with E-state index < -0.39 is 0 Å². The maximum atomic E-state index is 5.82. The van der Waals surface area contributed by atoms with Crippen LogP contribution in [0.5, 0.6) is 11.5 Å². The number of aromatic nitrogens is 1. The van der Waals surface area contributed by atoms with Crippen LogP contribution in [0.15, 0.2) is 28.9 Å². The highest BCUT2D eigenvalue weighted by atomic mass is 79.9. The predicted octanol–water partition coefficient (Wildman–Crippen LogP) is 3.25. The van der Waals surface area contributed by atoms with Gasteiger partial charge in [-0.15, -0.1) is 0 Å². The molecule has 0 amide bonds. The van der Waals surface area contributed by atoms with Crippen molar-refractivity contribution in [2.24, 2.45) is 0 Å². The first kappa shape index (κ1) is 13.1. The van der Waals surface area contributed by atoms with Gasteiger partial charge in [0.1, 0.15) is 19.0 Å². The van der Waals surface area contributed by atoms with Gasteiger partial charge in [0.15, 0.2) is 11.5 Å². The SMILES string of the molecule is Cc1c(N)cnc(Nc2ccc3c(c2)OCCO3)c1Br. The molecule has 0 unspecified atom stereocenters. The molecule has 1 aliphatic rings. The Bertz CT molecular complexity index is 661. The number of fused-ring (bicyclic) bond motifs is 1. The van der Waals surface area contributed by atoms with E-state index in [1.54, 1.807) is 6.20 Å². The van der Waals surface area contributed by atoms with Gasteiger partial charge in [-0.1, -0.05) is 0 Å². The summed E-state index contributed by atoms with van der Waals surface area (Å²) in [6.45, 7) is 3.10. The first-order valence-corrected chi connectivity index (χ1v) is 7.01. The fourth-order valence-electron chi connectivity index (χ4n) is 1.94. The van der Waals surface area contributed by atoms with Crippen LogP contribution in [0, 0.1) is 6.92 Å². The lowest BCUT2D eigenvalue weighted by atomic mass is 10.2. The number of nitrogens with two attached hydrogens (primary N) is 1. The Balaban J connectivity index is 1.90. The maximum absolute atomic E-state index is 5.82. The third-order valence-corrected chi connectivity index (χ3v) is 4.08. The summed E-state index contributed by atoms with van der Waals surface area (Å²) in [6, 6.07) is 5.70. The van der Waals surface area contributed by atoms with Gasteiger partial charge in [-0.05, 0) is 40.5 Å². The third kappa shape index (κ3) is 2.38. The minimum Gasteiger partial charge on any atom is -0.486 e. The number of nitrogens with one attached hydrogen (secondary N) is 1. The maximum Gasteiger partial charge on any atom is 0.163 e. The van der Waals surface area contributed by atoms with Crippen LogP contribution in [0.3, 0.4) is 0 Å². The predicted molar refractivity (Wildman–Crippen MR) is 81.8 cm³/mol. The average molecular weight is 336 g/mol. The highest BCUT2D eigenvalue weighted by Crippen LogP contribution is 2.35. The van der Waals surface area contributed by atoms with Gasteiger partial charge in [0, 0.05) is 11.8 Å². The van der Waals surface area contributed by atoms with Crippen LogP contribution in [0.25, 0.3) is 0 Å². The number of anilines is 3. The number of rotatable bonds is 2. The van der Waals surface area contributed by atoms with Gasteiger partial charge in [0.05, 0.1) is 16.4 Å². The molecule has 20 heavy (non-hydrogen) atoms. The van der Waals surface area contributed by atoms with Crippen LogP contribution in [-0.2, 0) is 0 Å². The van der Waals surface area contributed by atoms with E-state index in [1.807, 2.05) is 25.1 Å². The topological polar surface area (TPSA) is 69.4 Å². The summed E-state index contributed by atoms with van der Waals surface area (Å²) in [4.78, 5) is 4.29. The molecule has 1 aliphatic heterocycles. The zero-order chi connectivity index (χ0) is 14.1. The number of nitrogen functional groups attached to an aromatic ring is 1. The second kappa shape index (κ2) is 5.20. The summed E-state index contributed by atoms with van der Waals surface area (Å²) in [5, 5.41) is 3.24. The highest BCUT2D eigenvalue weighted by molar-refractivity contribution is 9.10. The van der Waals surface area contributed by atoms with E-state index in [0.717, 1.165) is 27.2 Å². The molecule has 3 rings (SSSR count). The highest BCUT2D eigenvalue weighted by Gasteiger charge is 2.13. The number of pyridine rings is 1. The molecule has 0 radical (unpaired) electrons. The standard InChI is InChI=1S/C14H14BrN3O2/c1-8-10(16)7-17-14(13(8)15)18-9-2-3-11-12(6-9)20-5-4-19-11/h2-3,6-7H,4-5,16H2,1H3,(H,17,18). The minimum atomic E-state index is 0.569. The minimum absolute atomic E-state index is 0.569. The zero-order valence-electron chi connectivity index (χ0n) is 10.9. The van der Waals surface area contributed by atoms with Crippen molar-refractivity contribution in [3.05, 3.63) is 34.4 Å². The number of hydrogen-bond acceptors (Lipinski definition) is 5. The number of hydrogen-bond donors (Lipinski definition) is 2. The number of halogens is 1. The van der Waals surface area contributed by atoms with Crippen molar-refractivity contribution >= 4 is 33.1 Å². The summed E-state index contributed by atoms with van der Waals surface area (Å²) in [6.07, 6.45) is 1.64. The lowest BCUT2D eigenvalue weighted by Crippen LogP contribution is -2.15. The van der Waals surface area contributed by atoms with E-state index in [4.69, 9.17) is 15.2 Å². The van der Waals surface area contributed by atoms with Gasteiger partial charge in [0.2, 0.25) is 0 Å². The molecule has 1 aromatic carbocycles. The molecule has 1 aromatic heterocycles. The van der Waals surface area contributed by atoms with Crippen LogP contribution in [0.4, 0.5) is 17.2 Å². The molecule has 0 spiro atoms. The molecule has 0 aliphatic carbocycles. The molecule has 5 nitrogen and oxygen atoms in total. The Morgan fingerprint density at radius 3 is 2.80 bits per heavy atom. The second-order valence-corrected chi connectivity index (χ2v) is 5.28. The Morgan fingerprint density at radius 1 is 1.25 bits per heavy atom. The van der Waals surface area contributed by atoms with E-state index in [1.165, 1.54) is 0 Å². The molecule has 2 aromatic rings. The van der Waals surface area contributed by atoms with Crippen LogP contribution < -0.4 is 20.5 Å². The van der Waals surface area contributed by atoms with Gasteiger partial charge >= 0.3 is 0 Å². The molecule has 0 saturated carbocycles. The largest absolute Gasteiger partial charge is 0.486 e. The van der Waals surface area contributed by atoms with Crippen LogP contribution >= 0.6 is 15.9 Å². The summed E-state index contributed by atoms with van der Waals surface area (Å²) < 4.78 is 11.9. The smallest absolute Gasteiger partial charge is 0.163 e. The van der Waals surface area contributed by atoms with E-state index in [2.05, 4.69) is 26.2 Å². The molecule has 0 fully saturated rings. The average Bonchev–Trinajstić information content (AvgIpc) is 2.48. The summed E-state index contributed by atoms with van der Waals surface area (Å²) in [5.74, 6) is 2.22. The number of nitrogens with zero attached hydrogens (tertiary/aromatic N) is 1. The molecule has 104 valence electrons. The number of ether oxygens (including phenoxy) is 2. The third-order valence-electron chi connectivity index (χ3n) is 3.11. The van der Waals surface area contributed by atoms with Gasteiger partial charge in [-0.25, -0.2) is 4.98 Å². The molecule has 0 saturated heterocycles. The van der Waals surface area contributed by atoms with Crippen molar-refractivity contribution in [3.8, 4) is 11.5 Å². The van der Waals surface area contributed by atoms with Gasteiger partial charge < -0.3 is 20.5 Å². The fourth-order valence-corrected chi connectivity index (χ4v) is 2.37. The molecule has 3 N–H and O–H groups in total. The first-order valence-electron chi connectivity index (χ1n) is 6.22. The summed E-state index contributed by atoms with van der Waals surface area (Å²) >= 11 is 3.50. The Labute approximate surface area is 125 Å². The van der Waals surface area contributed by atoms with E-state index >= 15 is 0 Å². The quantitative estimate of drug-likeness (QED) is 0.881. The molecular weight excluding hydrogens is 322 g/mol. The van der Waals surface area contributed by atoms with Crippen LogP contribution in [0.1, 0.15) is 5.56 Å². The van der Waals surface area contributed by atoms with Crippen molar-refractivity contribution in [2.75, 3.05) is 24.3 Å². The Kier molecular flexibility index (Phi) is 3.40. The van der Waals surface area contributed by atoms with Crippen molar-refractivity contribution in [1.82, 2.24) is 4.98 Å². The van der Waals surface area contributed by atoms with Gasteiger partial charge in [0.25, 0.3) is 0 Å². The Morgan fingerprint density at radius 2 is 2.00 bits per heavy atom. The van der Waals surface area contributed by atoms with Crippen molar-refractivity contribution < 1.29 is 9.47 Å². The lowest BCUT2D eigenvalue weighted by molar-refractivity contribution is 0.171. The lowest BCUT2D eigenvalue weighted by Gasteiger charge is -2.19. The monoisotopic (exact) mass is 335 g/mol. The fraction of sp³-hybridized carbons (Fsp3) is 0.214.